The Morgan fingerprint density at radius 2 is 2.00 bits per heavy atom. The second-order valence-electron chi connectivity index (χ2n) is 4.99. The molecule has 1 fully saturated rings. The van der Waals surface area contributed by atoms with Gasteiger partial charge in [-0.3, -0.25) is 0 Å². The number of hydrogen-bond acceptors (Lipinski definition) is 2. The molecule has 1 aromatic carbocycles. The van der Waals surface area contributed by atoms with Crippen molar-refractivity contribution in [3.63, 3.8) is 0 Å². The van der Waals surface area contributed by atoms with Crippen LogP contribution in [0.15, 0.2) is 18.2 Å². The number of aryl methyl sites for hydroxylation is 1. The van der Waals surface area contributed by atoms with Crippen molar-refractivity contribution in [3.05, 3.63) is 34.3 Å². The first-order valence-corrected chi connectivity index (χ1v) is 7.98. The van der Waals surface area contributed by atoms with E-state index in [0.29, 0.717) is 6.04 Å². The van der Waals surface area contributed by atoms with Crippen LogP contribution in [0.4, 0.5) is 0 Å². The maximum absolute atomic E-state index is 6.04. The van der Waals surface area contributed by atoms with Crippen LogP contribution < -0.4 is 5.32 Å². The monoisotopic (exact) mass is 267 g/mol. The van der Waals surface area contributed by atoms with Crippen molar-refractivity contribution in [2.24, 2.45) is 0 Å². The molecule has 1 heterocycles. The summed E-state index contributed by atoms with van der Waals surface area (Å²) in [5.74, 6) is 2.63. The smallest absolute Gasteiger partial charge is 0.0408 e. The molecule has 0 saturated carbocycles. The molecule has 0 spiro atoms. The molecule has 92 valence electrons. The van der Waals surface area contributed by atoms with E-state index in [1.165, 1.54) is 48.3 Å². The zero-order valence-corrected chi connectivity index (χ0v) is 11.5. The van der Waals surface area contributed by atoms with E-state index in [-0.39, 0.29) is 0 Å². The summed E-state index contributed by atoms with van der Waals surface area (Å²) in [5.41, 5.74) is 2.92. The lowest BCUT2D eigenvalue weighted by Crippen LogP contribution is -2.34. The maximum atomic E-state index is 6.04. The number of halogens is 1. The Labute approximate surface area is 112 Å². The van der Waals surface area contributed by atoms with E-state index < -0.39 is 0 Å². The van der Waals surface area contributed by atoms with E-state index in [1.54, 1.807) is 0 Å². The molecule has 1 unspecified atom stereocenters. The highest BCUT2D eigenvalue weighted by Gasteiger charge is 2.25. The van der Waals surface area contributed by atoms with Crippen LogP contribution in [0.1, 0.15) is 36.4 Å². The summed E-state index contributed by atoms with van der Waals surface area (Å²) in [6, 6.07) is 7.66. The van der Waals surface area contributed by atoms with E-state index in [2.05, 4.69) is 29.2 Å². The fourth-order valence-electron chi connectivity index (χ4n) is 2.91. The van der Waals surface area contributed by atoms with Gasteiger partial charge in [0.1, 0.15) is 0 Å². The van der Waals surface area contributed by atoms with Crippen molar-refractivity contribution in [2.75, 3.05) is 11.5 Å². The Morgan fingerprint density at radius 1 is 1.18 bits per heavy atom. The Morgan fingerprint density at radius 3 is 2.82 bits per heavy atom. The molecule has 0 radical (unpaired) electrons. The van der Waals surface area contributed by atoms with Crippen LogP contribution in [-0.4, -0.2) is 17.5 Å². The molecular formula is C14H18ClNS. The first kappa shape index (κ1) is 11.9. The molecule has 3 rings (SSSR count). The van der Waals surface area contributed by atoms with Crippen molar-refractivity contribution in [2.45, 2.75) is 37.8 Å². The molecule has 2 aliphatic rings. The summed E-state index contributed by atoms with van der Waals surface area (Å²) in [7, 11) is 0. The van der Waals surface area contributed by atoms with Crippen LogP contribution in [0.5, 0.6) is 0 Å². The highest BCUT2D eigenvalue weighted by Crippen LogP contribution is 2.34. The van der Waals surface area contributed by atoms with Gasteiger partial charge in [0.15, 0.2) is 0 Å². The molecule has 1 N–H and O–H groups in total. The number of fused-ring (bicyclic) bond motifs is 1. The van der Waals surface area contributed by atoms with Crippen molar-refractivity contribution < 1.29 is 0 Å². The van der Waals surface area contributed by atoms with Crippen LogP contribution in [0, 0.1) is 0 Å². The van der Waals surface area contributed by atoms with Crippen LogP contribution in [-0.2, 0) is 6.42 Å². The third-order valence-electron chi connectivity index (χ3n) is 3.84. The summed E-state index contributed by atoms with van der Waals surface area (Å²) in [6.45, 7) is 0. The zero-order chi connectivity index (χ0) is 11.7. The van der Waals surface area contributed by atoms with E-state index in [4.69, 9.17) is 11.6 Å². The van der Waals surface area contributed by atoms with E-state index >= 15 is 0 Å². The third-order valence-corrected chi connectivity index (χ3v) is 5.12. The van der Waals surface area contributed by atoms with Gasteiger partial charge in [0.25, 0.3) is 0 Å². The van der Waals surface area contributed by atoms with Crippen LogP contribution >= 0.6 is 23.4 Å². The molecule has 1 aliphatic heterocycles. The van der Waals surface area contributed by atoms with Gasteiger partial charge in [-0.05, 0) is 60.4 Å². The van der Waals surface area contributed by atoms with Gasteiger partial charge in [0, 0.05) is 17.1 Å². The first-order valence-electron chi connectivity index (χ1n) is 6.45. The number of hydrogen-bond donors (Lipinski definition) is 1. The Balaban J connectivity index is 1.70. The van der Waals surface area contributed by atoms with Gasteiger partial charge in [-0.25, -0.2) is 0 Å². The molecule has 1 aliphatic carbocycles. The minimum Gasteiger partial charge on any atom is -0.307 e. The minimum absolute atomic E-state index is 0.565. The fraction of sp³-hybridized carbons (Fsp3) is 0.571. The summed E-state index contributed by atoms with van der Waals surface area (Å²) in [6.07, 6.45) is 5.06. The number of thioether (sulfide) groups is 1. The highest BCUT2D eigenvalue weighted by atomic mass is 35.5. The number of rotatable bonds is 2. The normalized spacial score (nSPS) is 24.9. The number of benzene rings is 1. The van der Waals surface area contributed by atoms with Crippen LogP contribution in [0.2, 0.25) is 5.02 Å². The molecule has 0 bridgehead atoms. The summed E-state index contributed by atoms with van der Waals surface area (Å²) >= 11 is 8.13. The lowest BCUT2D eigenvalue weighted by atomic mass is 10.1. The van der Waals surface area contributed by atoms with Crippen LogP contribution in [0.25, 0.3) is 0 Å². The van der Waals surface area contributed by atoms with Crippen molar-refractivity contribution in [3.8, 4) is 0 Å². The zero-order valence-electron chi connectivity index (χ0n) is 9.92. The lowest BCUT2D eigenvalue weighted by molar-refractivity contribution is 0.412. The van der Waals surface area contributed by atoms with Gasteiger partial charge in [-0.2, -0.15) is 11.8 Å². The second-order valence-corrected chi connectivity index (χ2v) is 6.65. The van der Waals surface area contributed by atoms with E-state index in [1.807, 2.05) is 6.07 Å². The van der Waals surface area contributed by atoms with Gasteiger partial charge >= 0.3 is 0 Å². The Bertz CT molecular complexity index is 401. The SMILES string of the molecule is Clc1ccc2c(c1)CCC2NC1CCSCC1. The molecule has 1 aromatic rings. The topological polar surface area (TPSA) is 12.0 Å². The van der Waals surface area contributed by atoms with Crippen LogP contribution in [0.3, 0.4) is 0 Å². The van der Waals surface area contributed by atoms with Gasteiger partial charge < -0.3 is 5.32 Å². The summed E-state index contributed by atoms with van der Waals surface area (Å²) in [5, 5.41) is 4.71. The highest BCUT2D eigenvalue weighted by molar-refractivity contribution is 7.99. The first-order chi connectivity index (χ1) is 8.33. The minimum atomic E-state index is 0.565. The average Bonchev–Trinajstić information content (AvgIpc) is 2.73. The maximum Gasteiger partial charge on any atom is 0.0408 e. The van der Waals surface area contributed by atoms with Crippen molar-refractivity contribution in [1.82, 2.24) is 5.32 Å². The molecule has 0 aromatic heterocycles. The summed E-state index contributed by atoms with van der Waals surface area (Å²) < 4.78 is 0. The lowest BCUT2D eigenvalue weighted by Gasteiger charge is -2.26. The molecule has 1 nitrogen and oxygen atoms in total. The van der Waals surface area contributed by atoms with Crippen molar-refractivity contribution in [1.29, 1.82) is 0 Å². The Kier molecular flexibility index (Phi) is 3.64. The molecule has 0 amide bonds. The second kappa shape index (κ2) is 5.21. The molecule has 1 saturated heterocycles. The molecule has 17 heavy (non-hydrogen) atoms. The van der Waals surface area contributed by atoms with Crippen molar-refractivity contribution >= 4 is 23.4 Å². The predicted molar refractivity (Wildman–Crippen MR) is 76.0 cm³/mol. The van der Waals surface area contributed by atoms with E-state index in [0.717, 1.165) is 11.1 Å². The average molecular weight is 268 g/mol. The van der Waals surface area contributed by atoms with Gasteiger partial charge in [-0.15, -0.1) is 0 Å². The standard InChI is InChI=1S/C14H18ClNS/c15-11-2-3-13-10(9-11)1-4-14(13)16-12-5-7-17-8-6-12/h2-3,9,12,14,16H,1,4-8H2. The Hall–Kier alpha value is -0.180. The molecule has 1 atom stereocenters. The van der Waals surface area contributed by atoms with Gasteiger partial charge in [-0.1, -0.05) is 17.7 Å². The van der Waals surface area contributed by atoms with Gasteiger partial charge in [0.05, 0.1) is 0 Å². The number of nitrogens with one attached hydrogen (secondary N) is 1. The summed E-state index contributed by atoms with van der Waals surface area (Å²) in [4.78, 5) is 0. The molecular weight excluding hydrogens is 250 g/mol. The third kappa shape index (κ3) is 2.64. The quantitative estimate of drug-likeness (QED) is 0.875. The van der Waals surface area contributed by atoms with Gasteiger partial charge in [0.2, 0.25) is 0 Å². The predicted octanol–water partition coefficient (Wildman–Crippen LogP) is 3.81. The van der Waals surface area contributed by atoms with E-state index in [9.17, 15) is 0 Å². The fourth-order valence-corrected chi connectivity index (χ4v) is 4.21. The molecule has 3 heteroatoms. The largest absolute Gasteiger partial charge is 0.307 e.